The van der Waals surface area contributed by atoms with Crippen molar-refractivity contribution in [1.29, 1.82) is 0 Å². The van der Waals surface area contributed by atoms with Gasteiger partial charge in [0.05, 0.1) is 32.0 Å². The zero-order valence-corrected chi connectivity index (χ0v) is 49.2. The number of carbonyl (C=O) groups is 2. The minimum Gasteiger partial charge on any atom is -0.466 e. The number of allylic oxidation sites excluding steroid dienone is 11. The molecule has 0 radical (unpaired) electrons. The predicted octanol–water partition coefficient (Wildman–Crippen LogP) is 15.2. The van der Waals surface area contributed by atoms with Crippen LogP contribution in [0, 0.1) is 0 Å². The van der Waals surface area contributed by atoms with Gasteiger partial charge in [0.15, 0.2) is 6.29 Å². The van der Waals surface area contributed by atoms with Gasteiger partial charge >= 0.3 is 5.97 Å². The Labute approximate surface area is 471 Å². The molecule has 1 heterocycles. The topological polar surface area (TPSA) is 175 Å². The molecule has 6 N–H and O–H groups in total. The van der Waals surface area contributed by atoms with Gasteiger partial charge in [-0.05, 0) is 109 Å². The minimum atomic E-state index is -1.58. The maximum Gasteiger partial charge on any atom is 0.305 e. The molecule has 1 saturated heterocycles. The van der Waals surface area contributed by atoms with Crippen LogP contribution in [0.2, 0.25) is 0 Å². The van der Waals surface area contributed by atoms with Crippen LogP contribution >= 0.6 is 0 Å². The van der Waals surface area contributed by atoms with Gasteiger partial charge in [-0.15, -0.1) is 0 Å². The number of ether oxygens (including phenoxy) is 3. The fourth-order valence-electron chi connectivity index (χ4n) is 9.42. The van der Waals surface area contributed by atoms with Crippen molar-refractivity contribution >= 4 is 11.9 Å². The number of aliphatic hydroxyl groups is 5. The first-order valence-electron chi connectivity index (χ1n) is 31.7. The molecule has 1 amide bonds. The highest BCUT2D eigenvalue weighted by atomic mass is 16.7. The Morgan fingerprint density at radius 1 is 0.481 bits per heavy atom. The smallest absolute Gasteiger partial charge is 0.305 e. The van der Waals surface area contributed by atoms with E-state index in [-0.39, 0.29) is 18.5 Å². The number of hydrogen-bond donors (Lipinski definition) is 6. The third-order valence-electron chi connectivity index (χ3n) is 14.5. The molecule has 1 aliphatic rings. The Morgan fingerprint density at radius 3 is 1.40 bits per heavy atom. The number of hydrogen-bond acceptors (Lipinski definition) is 10. The molecule has 0 spiro atoms. The average molecular weight is 1080 g/mol. The minimum absolute atomic E-state index is 0.0132. The van der Waals surface area contributed by atoms with Crippen LogP contribution in [0.15, 0.2) is 72.9 Å². The average Bonchev–Trinajstić information content (AvgIpc) is 3.43. The first-order valence-corrected chi connectivity index (χ1v) is 31.7. The van der Waals surface area contributed by atoms with Gasteiger partial charge in [-0.3, -0.25) is 9.59 Å². The molecule has 11 nitrogen and oxygen atoms in total. The maximum atomic E-state index is 13.0. The first kappa shape index (κ1) is 72.1. The molecule has 0 aromatic rings. The lowest BCUT2D eigenvalue weighted by Crippen LogP contribution is -2.60. The van der Waals surface area contributed by atoms with Crippen LogP contribution in [0.25, 0.3) is 0 Å². The quantitative estimate of drug-likeness (QED) is 0.0195. The molecule has 1 rings (SSSR count). The number of nitrogens with one attached hydrogen (secondary N) is 1. The van der Waals surface area contributed by atoms with Gasteiger partial charge in [0.2, 0.25) is 5.91 Å². The van der Waals surface area contributed by atoms with Crippen LogP contribution in [0.4, 0.5) is 0 Å². The predicted molar refractivity (Wildman–Crippen MR) is 319 cm³/mol. The van der Waals surface area contributed by atoms with E-state index in [0.29, 0.717) is 19.4 Å². The Kier molecular flexibility index (Phi) is 51.5. The van der Waals surface area contributed by atoms with Gasteiger partial charge in [-0.2, -0.15) is 0 Å². The molecule has 0 aromatic heterocycles. The van der Waals surface area contributed by atoms with Crippen LogP contribution < -0.4 is 5.32 Å². The highest BCUT2D eigenvalue weighted by molar-refractivity contribution is 5.76. The van der Waals surface area contributed by atoms with Crippen molar-refractivity contribution in [3.63, 3.8) is 0 Å². The molecular weight excluding hydrogens is 967 g/mol. The van der Waals surface area contributed by atoms with Crippen LogP contribution in [-0.4, -0.2) is 100 Å². The van der Waals surface area contributed by atoms with Crippen molar-refractivity contribution in [2.75, 3.05) is 19.8 Å². The van der Waals surface area contributed by atoms with Crippen molar-refractivity contribution in [3.05, 3.63) is 72.9 Å². The Morgan fingerprint density at radius 2 is 0.896 bits per heavy atom. The van der Waals surface area contributed by atoms with Gasteiger partial charge in [0, 0.05) is 12.8 Å². The third-order valence-corrected chi connectivity index (χ3v) is 14.5. The Hall–Kier alpha value is -2.90. The summed E-state index contributed by atoms with van der Waals surface area (Å²) in [5.74, 6) is -0.218. The second kappa shape index (κ2) is 55.0. The van der Waals surface area contributed by atoms with Crippen molar-refractivity contribution in [2.24, 2.45) is 0 Å². The van der Waals surface area contributed by atoms with Crippen molar-refractivity contribution < 1.29 is 49.3 Å². The van der Waals surface area contributed by atoms with Crippen LogP contribution in [0.5, 0.6) is 0 Å². The Bertz CT molecular complexity index is 1510. The monoisotopic (exact) mass is 1080 g/mol. The van der Waals surface area contributed by atoms with Crippen LogP contribution in [-0.2, 0) is 23.8 Å². The standard InChI is InChI=1S/C66H117NO10/c1-3-5-7-9-11-13-15-32-36-40-44-48-52-59(69)58(57-76-66-65(74)64(73)63(72)60(56-68)77-66)67-61(70)53-49-45-41-37-33-30-28-26-24-22-20-18-17-19-21-23-25-27-29-31-35-39-43-47-51-55-75-62(71)54-50-46-42-38-34-16-14-12-10-8-6-4-2/h9,11-12,14,18-21,32,36,48,52,58-60,63-66,68-69,72-74H,3-8,10,13,15-17,22-31,33-35,37-47,49-51,53-57H2,1-2H3,(H,67,70)/b11-9+,14-12-,20-18-,21-19-,36-32+,52-48+. The third kappa shape index (κ3) is 44.5. The molecule has 1 aliphatic heterocycles. The lowest BCUT2D eigenvalue weighted by atomic mass is 9.99. The lowest BCUT2D eigenvalue weighted by Gasteiger charge is -2.40. The summed E-state index contributed by atoms with van der Waals surface area (Å²) >= 11 is 0. The van der Waals surface area contributed by atoms with Gasteiger partial charge in [0.1, 0.15) is 24.4 Å². The van der Waals surface area contributed by atoms with E-state index in [4.69, 9.17) is 14.2 Å². The number of carbonyl (C=O) groups excluding carboxylic acids is 2. The number of amides is 1. The molecule has 0 saturated carbocycles. The summed E-state index contributed by atoms with van der Waals surface area (Å²) in [7, 11) is 0. The van der Waals surface area contributed by atoms with Gasteiger partial charge in [0.25, 0.3) is 0 Å². The first-order chi connectivity index (χ1) is 37.7. The molecule has 11 heteroatoms. The highest BCUT2D eigenvalue weighted by Crippen LogP contribution is 2.23. The highest BCUT2D eigenvalue weighted by Gasteiger charge is 2.44. The summed E-state index contributed by atoms with van der Waals surface area (Å²) in [6.07, 6.45) is 63.0. The summed E-state index contributed by atoms with van der Waals surface area (Å²) in [4.78, 5) is 25.0. The number of esters is 1. The summed E-state index contributed by atoms with van der Waals surface area (Å²) in [5.41, 5.74) is 0. The summed E-state index contributed by atoms with van der Waals surface area (Å²) in [5, 5.41) is 54.3. The Balaban J connectivity index is 2.06. The largest absolute Gasteiger partial charge is 0.466 e. The molecule has 0 aliphatic carbocycles. The second-order valence-corrected chi connectivity index (χ2v) is 21.7. The van der Waals surface area contributed by atoms with Crippen LogP contribution in [0.1, 0.15) is 271 Å². The maximum absolute atomic E-state index is 13.0. The molecule has 0 bridgehead atoms. The van der Waals surface area contributed by atoms with E-state index in [2.05, 4.69) is 79.9 Å². The fourth-order valence-corrected chi connectivity index (χ4v) is 9.42. The van der Waals surface area contributed by atoms with Crippen molar-refractivity contribution in [1.82, 2.24) is 5.32 Å². The fraction of sp³-hybridized carbons (Fsp3) is 0.788. The summed E-state index contributed by atoms with van der Waals surface area (Å²) < 4.78 is 16.7. The van der Waals surface area contributed by atoms with Gasteiger partial charge in [-0.25, -0.2) is 0 Å². The summed E-state index contributed by atoms with van der Waals surface area (Å²) in [6.45, 7) is 4.24. The van der Waals surface area contributed by atoms with E-state index in [0.717, 1.165) is 96.3 Å². The normalized spacial score (nSPS) is 19.1. The zero-order valence-electron chi connectivity index (χ0n) is 49.2. The molecule has 7 atom stereocenters. The second-order valence-electron chi connectivity index (χ2n) is 21.7. The molecule has 77 heavy (non-hydrogen) atoms. The van der Waals surface area contributed by atoms with Gasteiger partial charge in [-0.1, -0.05) is 222 Å². The van der Waals surface area contributed by atoms with Crippen LogP contribution in [0.3, 0.4) is 0 Å². The SMILES string of the molecule is CCCC/C=C/CC/C=C/CC/C=C/C(O)C(COC1OC(CO)C(O)C(O)C1O)NC(=O)CCCCCCCCCCC/C=C\C/C=C\CCCCCCCCCCCOC(=O)CCCCCCC/C=C\CCCCC. The number of rotatable bonds is 54. The lowest BCUT2D eigenvalue weighted by molar-refractivity contribution is -0.302. The molecule has 1 fully saturated rings. The van der Waals surface area contributed by atoms with Crippen molar-refractivity contribution in [3.8, 4) is 0 Å². The van der Waals surface area contributed by atoms with E-state index in [9.17, 15) is 35.1 Å². The molecule has 0 aromatic carbocycles. The number of unbranched alkanes of at least 4 members (excludes halogenated alkanes) is 30. The molecular formula is C66H117NO10. The van der Waals surface area contributed by atoms with E-state index in [1.807, 2.05) is 6.08 Å². The van der Waals surface area contributed by atoms with E-state index in [1.54, 1.807) is 6.08 Å². The van der Waals surface area contributed by atoms with Crippen molar-refractivity contribution in [2.45, 2.75) is 314 Å². The van der Waals surface area contributed by atoms with Gasteiger partial charge < -0.3 is 45.1 Å². The summed E-state index contributed by atoms with van der Waals surface area (Å²) in [6, 6.07) is -0.840. The molecule has 7 unspecified atom stereocenters. The van der Waals surface area contributed by atoms with E-state index in [1.165, 1.54) is 148 Å². The van der Waals surface area contributed by atoms with E-state index < -0.39 is 49.5 Å². The van der Waals surface area contributed by atoms with E-state index >= 15 is 0 Å². The molecule has 446 valence electrons. The zero-order chi connectivity index (χ0) is 55.9. The number of aliphatic hydroxyl groups excluding tert-OH is 5.